The second kappa shape index (κ2) is 7.12. The number of ether oxygens (including phenoxy) is 1. The van der Waals surface area contributed by atoms with Gasteiger partial charge in [-0.05, 0) is 31.4 Å². The van der Waals surface area contributed by atoms with Crippen LogP contribution >= 0.6 is 11.6 Å². The van der Waals surface area contributed by atoms with Gasteiger partial charge in [0.15, 0.2) is 0 Å². The largest absolute Gasteiger partial charge is 0.493 e. The lowest BCUT2D eigenvalue weighted by atomic mass is 10.2. The maximum Gasteiger partial charge on any atom is 0.252 e. The Hall–Kier alpha value is -1.22. The van der Waals surface area contributed by atoms with E-state index in [1.54, 1.807) is 18.2 Å². The first-order valence-electron chi connectivity index (χ1n) is 5.33. The molecule has 0 aliphatic carbocycles. The Morgan fingerprint density at radius 3 is 2.69 bits per heavy atom. The fraction of sp³-hybridized carbons (Fsp3) is 0.417. The molecule has 3 nitrogen and oxygen atoms in total. The average Bonchev–Trinajstić information content (AvgIpc) is 2.29. The van der Waals surface area contributed by atoms with Crippen LogP contribution in [0.4, 0.5) is 0 Å². The summed E-state index contributed by atoms with van der Waals surface area (Å²) in [5.41, 5.74) is 5.66. The third-order valence-corrected chi connectivity index (χ3v) is 2.46. The predicted molar refractivity (Wildman–Crippen MR) is 65.0 cm³/mol. The first-order valence-corrected chi connectivity index (χ1v) is 5.86. The zero-order chi connectivity index (χ0) is 11.8. The molecule has 0 unspecified atom stereocenters. The topological polar surface area (TPSA) is 52.3 Å². The van der Waals surface area contributed by atoms with Crippen molar-refractivity contribution in [3.05, 3.63) is 29.8 Å². The minimum absolute atomic E-state index is 0.430. The molecule has 1 rings (SSSR count). The van der Waals surface area contributed by atoms with Gasteiger partial charge in [-0.25, -0.2) is 0 Å². The first-order chi connectivity index (χ1) is 7.75. The minimum atomic E-state index is -0.462. The Kier molecular flexibility index (Phi) is 5.72. The molecule has 0 saturated carbocycles. The lowest BCUT2D eigenvalue weighted by Crippen LogP contribution is -2.13. The van der Waals surface area contributed by atoms with Crippen LogP contribution in [0.15, 0.2) is 24.3 Å². The van der Waals surface area contributed by atoms with E-state index in [-0.39, 0.29) is 0 Å². The number of amides is 1. The van der Waals surface area contributed by atoms with Crippen molar-refractivity contribution >= 4 is 17.5 Å². The van der Waals surface area contributed by atoms with Crippen LogP contribution in [0.2, 0.25) is 0 Å². The van der Waals surface area contributed by atoms with E-state index in [0.29, 0.717) is 23.8 Å². The summed E-state index contributed by atoms with van der Waals surface area (Å²) in [5.74, 6) is 0.773. The maximum atomic E-state index is 11.1. The molecule has 1 amide bonds. The van der Waals surface area contributed by atoms with Crippen molar-refractivity contribution in [3.8, 4) is 5.75 Å². The zero-order valence-electron chi connectivity index (χ0n) is 9.12. The fourth-order valence-electron chi connectivity index (χ4n) is 1.35. The van der Waals surface area contributed by atoms with Crippen molar-refractivity contribution in [3.63, 3.8) is 0 Å². The van der Waals surface area contributed by atoms with Gasteiger partial charge >= 0.3 is 0 Å². The molecule has 2 N–H and O–H groups in total. The molecule has 0 aliphatic rings. The highest BCUT2D eigenvalue weighted by Crippen LogP contribution is 2.17. The molecule has 0 aromatic heterocycles. The Bertz CT molecular complexity index is 342. The highest BCUT2D eigenvalue weighted by molar-refractivity contribution is 6.17. The van der Waals surface area contributed by atoms with E-state index in [0.717, 1.165) is 19.3 Å². The van der Waals surface area contributed by atoms with Crippen LogP contribution in [-0.4, -0.2) is 18.4 Å². The summed E-state index contributed by atoms with van der Waals surface area (Å²) in [6, 6.07) is 7.00. The quantitative estimate of drug-likeness (QED) is 0.589. The maximum absolute atomic E-state index is 11.1. The summed E-state index contributed by atoms with van der Waals surface area (Å²) in [7, 11) is 0. The number of nitrogens with two attached hydrogens (primary N) is 1. The van der Waals surface area contributed by atoms with E-state index in [1.807, 2.05) is 6.07 Å². The molecule has 1 aromatic rings. The summed E-state index contributed by atoms with van der Waals surface area (Å²) < 4.78 is 5.50. The van der Waals surface area contributed by atoms with Crippen LogP contribution in [0, 0.1) is 0 Å². The molecule has 0 radical (unpaired) electrons. The third-order valence-electron chi connectivity index (χ3n) is 2.19. The summed E-state index contributed by atoms with van der Waals surface area (Å²) in [5, 5.41) is 0. The minimum Gasteiger partial charge on any atom is -0.493 e. The molecule has 0 fully saturated rings. The standard InChI is InChI=1S/C12H16ClNO2/c13-8-4-1-5-9-16-11-7-3-2-6-10(11)12(14)15/h2-3,6-7H,1,4-5,8-9H2,(H2,14,15). The Balaban J connectivity index is 2.44. The van der Waals surface area contributed by atoms with E-state index < -0.39 is 5.91 Å². The third kappa shape index (κ3) is 4.11. The Labute approximate surface area is 101 Å². The van der Waals surface area contributed by atoms with E-state index >= 15 is 0 Å². The molecule has 0 heterocycles. The first kappa shape index (κ1) is 12.8. The number of carbonyl (C=O) groups excluding carboxylic acids is 1. The van der Waals surface area contributed by atoms with Gasteiger partial charge in [0.2, 0.25) is 0 Å². The van der Waals surface area contributed by atoms with Crippen molar-refractivity contribution < 1.29 is 9.53 Å². The number of rotatable bonds is 7. The van der Waals surface area contributed by atoms with Gasteiger partial charge in [0.1, 0.15) is 5.75 Å². The van der Waals surface area contributed by atoms with Crippen molar-refractivity contribution in [2.45, 2.75) is 19.3 Å². The molecule has 16 heavy (non-hydrogen) atoms. The van der Waals surface area contributed by atoms with Crippen LogP contribution in [0.5, 0.6) is 5.75 Å². The second-order valence-corrected chi connectivity index (χ2v) is 3.84. The van der Waals surface area contributed by atoms with Crippen LogP contribution in [0.1, 0.15) is 29.6 Å². The van der Waals surface area contributed by atoms with Crippen molar-refractivity contribution in [1.82, 2.24) is 0 Å². The molecular weight excluding hydrogens is 226 g/mol. The van der Waals surface area contributed by atoms with Gasteiger partial charge < -0.3 is 10.5 Å². The summed E-state index contributed by atoms with van der Waals surface area (Å²) >= 11 is 5.56. The van der Waals surface area contributed by atoms with E-state index in [4.69, 9.17) is 22.1 Å². The smallest absolute Gasteiger partial charge is 0.252 e. The molecule has 0 aliphatic heterocycles. The van der Waals surface area contributed by atoms with Gasteiger partial charge in [-0.15, -0.1) is 11.6 Å². The molecule has 1 aromatic carbocycles. The molecule has 0 bridgehead atoms. The average molecular weight is 242 g/mol. The molecular formula is C12H16ClNO2. The number of unbranched alkanes of at least 4 members (excludes halogenated alkanes) is 2. The summed E-state index contributed by atoms with van der Waals surface area (Å²) in [4.78, 5) is 11.1. The van der Waals surface area contributed by atoms with Crippen LogP contribution < -0.4 is 10.5 Å². The molecule has 88 valence electrons. The number of alkyl halides is 1. The van der Waals surface area contributed by atoms with Crippen LogP contribution in [-0.2, 0) is 0 Å². The molecule has 0 atom stereocenters. The number of primary amides is 1. The van der Waals surface area contributed by atoms with Gasteiger partial charge in [0, 0.05) is 5.88 Å². The number of carbonyl (C=O) groups is 1. The van der Waals surface area contributed by atoms with Crippen molar-refractivity contribution in [2.75, 3.05) is 12.5 Å². The normalized spacial score (nSPS) is 10.1. The molecule has 4 heteroatoms. The van der Waals surface area contributed by atoms with Gasteiger partial charge in [-0.3, -0.25) is 4.79 Å². The van der Waals surface area contributed by atoms with E-state index in [9.17, 15) is 4.79 Å². The van der Waals surface area contributed by atoms with Gasteiger partial charge in [-0.1, -0.05) is 12.1 Å². The summed E-state index contributed by atoms with van der Waals surface area (Å²) in [6.45, 7) is 0.585. The van der Waals surface area contributed by atoms with Gasteiger partial charge in [-0.2, -0.15) is 0 Å². The second-order valence-electron chi connectivity index (χ2n) is 3.46. The Morgan fingerprint density at radius 2 is 2.00 bits per heavy atom. The van der Waals surface area contributed by atoms with Crippen LogP contribution in [0.3, 0.4) is 0 Å². The monoisotopic (exact) mass is 241 g/mol. The number of halogens is 1. The predicted octanol–water partition coefficient (Wildman–Crippen LogP) is 2.57. The van der Waals surface area contributed by atoms with Crippen LogP contribution in [0.25, 0.3) is 0 Å². The number of hydrogen-bond donors (Lipinski definition) is 1. The highest BCUT2D eigenvalue weighted by atomic mass is 35.5. The number of para-hydroxylation sites is 1. The number of hydrogen-bond acceptors (Lipinski definition) is 2. The van der Waals surface area contributed by atoms with Gasteiger partial charge in [0.05, 0.1) is 12.2 Å². The van der Waals surface area contributed by atoms with Crippen molar-refractivity contribution in [1.29, 1.82) is 0 Å². The van der Waals surface area contributed by atoms with E-state index in [2.05, 4.69) is 0 Å². The van der Waals surface area contributed by atoms with Crippen molar-refractivity contribution in [2.24, 2.45) is 5.73 Å². The lowest BCUT2D eigenvalue weighted by molar-refractivity contribution is 0.0996. The fourth-order valence-corrected chi connectivity index (χ4v) is 1.54. The summed E-state index contributed by atoms with van der Waals surface area (Å²) in [6.07, 6.45) is 2.95. The molecule has 0 saturated heterocycles. The highest BCUT2D eigenvalue weighted by Gasteiger charge is 2.07. The lowest BCUT2D eigenvalue weighted by Gasteiger charge is -2.08. The Morgan fingerprint density at radius 1 is 1.25 bits per heavy atom. The van der Waals surface area contributed by atoms with Gasteiger partial charge in [0.25, 0.3) is 5.91 Å². The number of benzene rings is 1. The SMILES string of the molecule is NC(=O)c1ccccc1OCCCCCCl. The molecule has 0 spiro atoms. The zero-order valence-corrected chi connectivity index (χ0v) is 9.87. The van der Waals surface area contributed by atoms with E-state index in [1.165, 1.54) is 0 Å².